The molecule has 0 spiro atoms. The summed E-state index contributed by atoms with van der Waals surface area (Å²) in [5.74, 6) is 0.396. The first-order valence-corrected chi connectivity index (χ1v) is 13.0. The molecule has 0 radical (unpaired) electrons. The molecule has 0 heterocycles. The number of aryl methyl sites for hydroxylation is 1. The summed E-state index contributed by atoms with van der Waals surface area (Å²) in [7, 11) is -3.74. The molecule has 4 saturated carbocycles. The van der Waals surface area contributed by atoms with Gasteiger partial charge >= 0.3 is 12.0 Å². The van der Waals surface area contributed by atoms with Crippen LogP contribution in [-0.4, -0.2) is 45.0 Å². The fraction of sp³-hybridized carbons (Fsp3) is 0.609. The Kier molecular flexibility index (Phi) is 6.50. The van der Waals surface area contributed by atoms with Gasteiger partial charge in [-0.3, -0.25) is 10.1 Å². The van der Waals surface area contributed by atoms with Crippen molar-refractivity contribution >= 4 is 27.9 Å². The van der Waals surface area contributed by atoms with Crippen molar-refractivity contribution in [3.8, 4) is 0 Å². The lowest BCUT2D eigenvalue weighted by atomic mass is 9.53. The predicted molar refractivity (Wildman–Crippen MR) is 120 cm³/mol. The number of imide groups is 1. The SMILES string of the molecule is CCNS(=O)(=O)c1ccc(C)c(C(=O)OCC(=O)NC(=O)NC23CC4CC(CC(C4)C2)C3)c1. The molecule has 3 amide bonds. The highest BCUT2D eigenvalue weighted by atomic mass is 32.2. The van der Waals surface area contributed by atoms with E-state index in [0.29, 0.717) is 23.3 Å². The van der Waals surface area contributed by atoms with Gasteiger partial charge in [0.1, 0.15) is 0 Å². The molecule has 0 aliphatic heterocycles. The molecule has 5 rings (SSSR count). The molecule has 9 nitrogen and oxygen atoms in total. The molecule has 1 aromatic carbocycles. The highest BCUT2D eigenvalue weighted by molar-refractivity contribution is 7.89. The molecule has 33 heavy (non-hydrogen) atoms. The van der Waals surface area contributed by atoms with Crippen LogP contribution in [0.5, 0.6) is 0 Å². The van der Waals surface area contributed by atoms with E-state index in [4.69, 9.17) is 4.74 Å². The van der Waals surface area contributed by atoms with Crippen LogP contribution in [0, 0.1) is 24.7 Å². The summed E-state index contributed by atoms with van der Waals surface area (Å²) in [6.07, 6.45) is 6.61. The van der Waals surface area contributed by atoms with Crippen molar-refractivity contribution in [1.29, 1.82) is 0 Å². The van der Waals surface area contributed by atoms with Gasteiger partial charge in [-0.1, -0.05) is 13.0 Å². The average Bonchev–Trinajstić information content (AvgIpc) is 2.70. The zero-order valence-corrected chi connectivity index (χ0v) is 19.8. The number of carbonyl (C=O) groups excluding carboxylic acids is 3. The largest absolute Gasteiger partial charge is 0.452 e. The smallest absolute Gasteiger partial charge is 0.338 e. The van der Waals surface area contributed by atoms with Crippen LogP contribution in [0.4, 0.5) is 4.79 Å². The highest BCUT2D eigenvalue weighted by Crippen LogP contribution is 2.55. The van der Waals surface area contributed by atoms with Gasteiger partial charge in [-0.15, -0.1) is 0 Å². The second-order valence-electron chi connectivity index (χ2n) is 9.75. The van der Waals surface area contributed by atoms with E-state index < -0.39 is 34.5 Å². The fourth-order valence-electron chi connectivity index (χ4n) is 6.17. The van der Waals surface area contributed by atoms with Gasteiger partial charge in [0.05, 0.1) is 10.5 Å². The Bertz CT molecular complexity index is 1030. The van der Waals surface area contributed by atoms with Crippen LogP contribution in [0.15, 0.2) is 23.1 Å². The third-order valence-corrected chi connectivity index (χ3v) is 8.62. The van der Waals surface area contributed by atoms with Crippen LogP contribution in [0.2, 0.25) is 0 Å². The van der Waals surface area contributed by atoms with E-state index in [9.17, 15) is 22.8 Å². The van der Waals surface area contributed by atoms with E-state index in [1.165, 1.54) is 37.5 Å². The molecule has 10 heteroatoms. The zero-order chi connectivity index (χ0) is 23.8. The Balaban J connectivity index is 1.31. The van der Waals surface area contributed by atoms with Gasteiger partial charge in [-0.2, -0.15) is 0 Å². The summed E-state index contributed by atoms with van der Waals surface area (Å²) in [5.41, 5.74) is 0.320. The summed E-state index contributed by atoms with van der Waals surface area (Å²) < 4.78 is 31.8. The highest BCUT2D eigenvalue weighted by Gasteiger charge is 2.51. The van der Waals surface area contributed by atoms with Crippen LogP contribution < -0.4 is 15.4 Å². The molecule has 0 unspecified atom stereocenters. The zero-order valence-electron chi connectivity index (χ0n) is 19.0. The molecule has 0 aromatic heterocycles. The van der Waals surface area contributed by atoms with Crippen molar-refractivity contribution in [3.05, 3.63) is 29.3 Å². The Morgan fingerprint density at radius 2 is 1.67 bits per heavy atom. The van der Waals surface area contributed by atoms with Gasteiger partial charge in [0, 0.05) is 12.1 Å². The lowest BCUT2D eigenvalue weighted by molar-refractivity contribution is -0.123. The van der Waals surface area contributed by atoms with Crippen LogP contribution in [0.25, 0.3) is 0 Å². The molecule has 4 bridgehead atoms. The normalized spacial score (nSPS) is 27.8. The third-order valence-electron chi connectivity index (χ3n) is 7.08. The fourth-order valence-corrected chi connectivity index (χ4v) is 7.24. The number of ether oxygens (including phenoxy) is 1. The van der Waals surface area contributed by atoms with Crippen molar-refractivity contribution in [2.45, 2.75) is 62.8 Å². The van der Waals surface area contributed by atoms with Crippen molar-refractivity contribution in [1.82, 2.24) is 15.4 Å². The minimum Gasteiger partial charge on any atom is -0.452 e. The number of hydrogen-bond donors (Lipinski definition) is 3. The van der Waals surface area contributed by atoms with Crippen molar-refractivity contribution < 1.29 is 27.5 Å². The second kappa shape index (κ2) is 9.06. The summed E-state index contributed by atoms with van der Waals surface area (Å²) in [4.78, 5) is 37.1. The van der Waals surface area contributed by atoms with E-state index in [1.807, 2.05) is 0 Å². The van der Waals surface area contributed by atoms with Gasteiger partial charge < -0.3 is 10.1 Å². The van der Waals surface area contributed by atoms with Crippen LogP contribution in [0.1, 0.15) is 61.4 Å². The first kappa shape index (κ1) is 23.7. The topological polar surface area (TPSA) is 131 Å². The lowest BCUT2D eigenvalue weighted by Gasteiger charge is -2.56. The van der Waals surface area contributed by atoms with E-state index in [1.54, 1.807) is 13.8 Å². The standard InChI is InChI=1S/C23H31N3O6S/c1-3-24-33(30,31)18-5-4-14(2)19(9-18)21(28)32-13-20(27)25-22(29)26-23-10-15-6-16(11-23)8-17(7-15)12-23/h4-5,9,15-17,24H,3,6-8,10-13H2,1-2H3,(H2,25,26,27,29). The lowest BCUT2D eigenvalue weighted by Crippen LogP contribution is -2.62. The molecule has 1 aromatic rings. The molecular weight excluding hydrogens is 446 g/mol. The number of esters is 1. The third kappa shape index (κ3) is 5.22. The van der Waals surface area contributed by atoms with Crippen LogP contribution in [0.3, 0.4) is 0 Å². The molecular formula is C23H31N3O6S. The van der Waals surface area contributed by atoms with Gasteiger partial charge in [0.2, 0.25) is 10.0 Å². The monoisotopic (exact) mass is 477 g/mol. The number of rotatable bonds is 7. The van der Waals surface area contributed by atoms with E-state index in [0.717, 1.165) is 19.3 Å². The predicted octanol–water partition coefficient (Wildman–Crippen LogP) is 2.24. The summed E-state index contributed by atoms with van der Waals surface area (Å²) in [6.45, 7) is 2.86. The first-order valence-electron chi connectivity index (χ1n) is 11.5. The molecule has 0 saturated heterocycles. The van der Waals surface area contributed by atoms with Gasteiger partial charge in [0.15, 0.2) is 6.61 Å². The quantitative estimate of drug-likeness (QED) is 0.516. The number of hydrogen-bond acceptors (Lipinski definition) is 6. The van der Waals surface area contributed by atoms with Crippen molar-refractivity contribution in [2.75, 3.05) is 13.2 Å². The van der Waals surface area contributed by atoms with Gasteiger partial charge in [0.25, 0.3) is 5.91 Å². The average molecular weight is 478 g/mol. The molecule has 4 aliphatic rings. The molecule has 4 aliphatic carbocycles. The second-order valence-corrected chi connectivity index (χ2v) is 11.5. The number of urea groups is 1. The van der Waals surface area contributed by atoms with Gasteiger partial charge in [-0.25, -0.2) is 22.7 Å². The number of amides is 3. The maximum absolute atomic E-state index is 12.5. The number of nitrogens with one attached hydrogen (secondary N) is 3. The van der Waals surface area contributed by atoms with Crippen LogP contribution in [-0.2, 0) is 19.6 Å². The van der Waals surface area contributed by atoms with E-state index in [2.05, 4.69) is 15.4 Å². The maximum Gasteiger partial charge on any atom is 0.338 e. The molecule has 0 atom stereocenters. The summed E-state index contributed by atoms with van der Waals surface area (Å²) in [5, 5.41) is 5.29. The summed E-state index contributed by atoms with van der Waals surface area (Å²) in [6, 6.07) is 3.55. The van der Waals surface area contributed by atoms with Gasteiger partial charge in [-0.05, 0) is 80.9 Å². The van der Waals surface area contributed by atoms with Crippen molar-refractivity contribution in [2.24, 2.45) is 17.8 Å². The number of benzene rings is 1. The van der Waals surface area contributed by atoms with E-state index >= 15 is 0 Å². The number of carbonyl (C=O) groups is 3. The number of sulfonamides is 1. The van der Waals surface area contributed by atoms with E-state index in [-0.39, 0.29) is 22.5 Å². The maximum atomic E-state index is 12.5. The molecule has 180 valence electrons. The Hall–Kier alpha value is -2.46. The first-order chi connectivity index (χ1) is 15.6. The Morgan fingerprint density at radius 3 is 2.24 bits per heavy atom. The minimum absolute atomic E-state index is 0.0415. The van der Waals surface area contributed by atoms with Crippen LogP contribution >= 0.6 is 0 Å². The molecule has 4 fully saturated rings. The Morgan fingerprint density at radius 1 is 1.06 bits per heavy atom. The Labute approximate surface area is 194 Å². The van der Waals surface area contributed by atoms with Crippen molar-refractivity contribution in [3.63, 3.8) is 0 Å². The molecule has 3 N–H and O–H groups in total. The summed E-state index contributed by atoms with van der Waals surface area (Å²) >= 11 is 0. The minimum atomic E-state index is -3.74.